The van der Waals surface area contributed by atoms with Gasteiger partial charge in [0, 0.05) is 32.5 Å². The molecule has 0 aliphatic heterocycles. The van der Waals surface area contributed by atoms with Crippen LogP contribution >= 0.6 is 0 Å². The van der Waals surface area contributed by atoms with Gasteiger partial charge in [0.2, 0.25) is 0 Å². The number of aryl methyl sites for hydroxylation is 1. The van der Waals surface area contributed by atoms with Crippen molar-refractivity contribution in [3.05, 3.63) is 48.2 Å². The zero-order chi connectivity index (χ0) is 17.5. The molecule has 0 saturated heterocycles. The molecule has 0 amide bonds. The van der Waals surface area contributed by atoms with Gasteiger partial charge in [-0.1, -0.05) is 0 Å². The lowest BCUT2D eigenvalue weighted by atomic mass is 10.2. The molecule has 0 radical (unpaired) electrons. The Labute approximate surface area is 144 Å². The molecule has 24 heavy (non-hydrogen) atoms. The number of nitrogens with zero attached hydrogens (tertiary/aromatic N) is 4. The largest absolute Gasteiger partial charge is 0.468 e. The first-order chi connectivity index (χ1) is 11.5. The number of hydrogen-bond acceptors (Lipinski definition) is 3. The first-order valence-electron chi connectivity index (χ1n) is 8.32. The Morgan fingerprint density at radius 1 is 1.29 bits per heavy atom. The number of aliphatic imine (C=N–C) groups is 1. The predicted molar refractivity (Wildman–Crippen MR) is 98.0 cm³/mol. The lowest BCUT2D eigenvalue weighted by molar-refractivity contribution is 0.264. The fourth-order valence-electron chi connectivity index (χ4n) is 2.61. The van der Waals surface area contributed by atoms with Crippen LogP contribution in [0.25, 0.3) is 0 Å². The molecule has 0 bridgehead atoms. The highest BCUT2D eigenvalue weighted by Gasteiger charge is 2.17. The minimum atomic E-state index is 0.122. The SMILES string of the molecule is CCNC(=NCC(c1ccco1)N(C)C)N(C)Cc1cccn1C. The number of aromatic nitrogens is 1. The molecule has 2 rings (SSSR count). The average molecular weight is 331 g/mol. The molecule has 1 atom stereocenters. The smallest absolute Gasteiger partial charge is 0.194 e. The number of guanidine groups is 1. The Morgan fingerprint density at radius 2 is 2.08 bits per heavy atom. The van der Waals surface area contributed by atoms with Crippen LogP contribution in [0.5, 0.6) is 0 Å². The molecule has 2 aromatic heterocycles. The number of rotatable bonds is 7. The van der Waals surface area contributed by atoms with Crippen molar-refractivity contribution in [1.29, 1.82) is 0 Å². The summed E-state index contributed by atoms with van der Waals surface area (Å²) in [7, 11) is 8.21. The first-order valence-corrected chi connectivity index (χ1v) is 8.32. The Hall–Kier alpha value is -2.21. The third-order valence-corrected chi connectivity index (χ3v) is 4.06. The zero-order valence-electron chi connectivity index (χ0n) is 15.4. The molecule has 2 heterocycles. The van der Waals surface area contributed by atoms with Gasteiger partial charge < -0.3 is 19.2 Å². The molecule has 2 aromatic rings. The zero-order valence-corrected chi connectivity index (χ0v) is 15.4. The minimum absolute atomic E-state index is 0.122. The van der Waals surface area contributed by atoms with Gasteiger partial charge in [-0.25, -0.2) is 0 Å². The van der Waals surface area contributed by atoms with E-state index in [1.807, 2.05) is 26.2 Å². The van der Waals surface area contributed by atoms with Gasteiger partial charge in [-0.15, -0.1) is 0 Å². The van der Waals surface area contributed by atoms with Crippen molar-refractivity contribution in [2.75, 3.05) is 34.2 Å². The molecule has 0 aromatic carbocycles. The van der Waals surface area contributed by atoms with Crippen LogP contribution in [0.15, 0.2) is 46.1 Å². The van der Waals surface area contributed by atoms with E-state index in [0.29, 0.717) is 6.54 Å². The van der Waals surface area contributed by atoms with Crippen LogP contribution in [-0.4, -0.2) is 54.6 Å². The fourth-order valence-corrected chi connectivity index (χ4v) is 2.61. The van der Waals surface area contributed by atoms with Crippen molar-refractivity contribution in [2.45, 2.75) is 19.5 Å². The summed E-state index contributed by atoms with van der Waals surface area (Å²) in [5, 5.41) is 3.37. The summed E-state index contributed by atoms with van der Waals surface area (Å²) in [6.45, 7) is 4.37. The summed E-state index contributed by atoms with van der Waals surface area (Å²) in [6.07, 6.45) is 3.77. The van der Waals surface area contributed by atoms with Gasteiger partial charge in [-0.05, 0) is 45.3 Å². The van der Waals surface area contributed by atoms with Crippen LogP contribution in [-0.2, 0) is 13.6 Å². The summed E-state index contributed by atoms with van der Waals surface area (Å²) in [4.78, 5) is 9.10. The molecule has 132 valence electrons. The minimum Gasteiger partial charge on any atom is -0.468 e. The highest BCUT2D eigenvalue weighted by Crippen LogP contribution is 2.19. The van der Waals surface area contributed by atoms with Crippen molar-refractivity contribution in [2.24, 2.45) is 12.0 Å². The first kappa shape index (κ1) is 18.1. The van der Waals surface area contributed by atoms with Gasteiger partial charge in [0.15, 0.2) is 5.96 Å². The van der Waals surface area contributed by atoms with Gasteiger partial charge in [-0.2, -0.15) is 0 Å². The topological polar surface area (TPSA) is 48.9 Å². The molecule has 0 fully saturated rings. The molecular weight excluding hydrogens is 302 g/mol. The fraction of sp³-hybridized carbons (Fsp3) is 0.500. The van der Waals surface area contributed by atoms with E-state index in [1.165, 1.54) is 5.69 Å². The van der Waals surface area contributed by atoms with Crippen molar-refractivity contribution >= 4 is 5.96 Å². The van der Waals surface area contributed by atoms with E-state index in [9.17, 15) is 0 Å². The van der Waals surface area contributed by atoms with E-state index < -0.39 is 0 Å². The van der Waals surface area contributed by atoms with Crippen LogP contribution < -0.4 is 5.32 Å². The maximum absolute atomic E-state index is 5.56. The third-order valence-electron chi connectivity index (χ3n) is 4.06. The molecule has 1 N–H and O–H groups in total. The standard InChI is InChI=1S/C18H29N5O/c1-6-19-18(23(5)14-15-9-7-11-22(15)4)20-13-16(21(2)3)17-10-8-12-24-17/h7-12,16H,6,13-14H2,1-5H3,(H,19,20). The molecule has 0 aliphatic rings. The Kier molecular flexibility index (Phi) is 6.49. The van der Waals surface area contributed by atoms with Crippen LogP contribution in [0.4, 0.5) is 0 Å². The summed E-state index contributed by atoms with van der Waals surface area (Å²) in [5.41, 5.74) is 1.25. The Morgan fingerprint density at radius 3 is 2.62 bits per heavy atom. The van der Waals surface area contributed by atoms with Gasteiger partial charge >= 0.3 is 0 Å². The molecule has 0 aliphatic carbocycles. The molecule has 6 heteroatoms. The summed E-state index contributed by atoms with van der Waals surface area (Å²) >= 11 is 0. The van der Waals surface area contributed by atoms with Crippen molar-refractivity contribution in [3.63, 3.8) is 0 Å². The Bertz CT molecular complexity index is 630. The Balaban J connectivity index is 2.10. The molecule has 1 unspecified atom stereocenters. The molecule has 6 nitrogen and oxygen atoms in total. The second-order valence-corrected chi connectivity index (χ2v) is 6.16. The summed E-state index contributed by atoms with van der Waals surface area (Å²) in [6, 6.07) is 8.23. The molecule has 0 spiro atoms. The number of hydrogen-bond donors (Lipinski definition) is 1. The summed E-state index contributed by atoms with van der Waals surface area (Å²) < 4.78 is 7.69. The van der Waals surface area contributed by atoms with Gasteiger partial charge in [0.05, 0.1) is 25.4 Å². The second-order valence-electron chi connectivity index (χ2n) is 6.16. The lowest BCUT2D eigenvalue weighted by Crippen LogP contribution is -2.39. The number of nitrogens with one attached hydrogen (secondary N) is 1. The van der Waals surface area contributed by atoms with Gasteiger partial charge in [0.25, 0.3) is 0 Å². The monoisotopic (exact) mass is 331 g/mol. The van der Waals surface area contributed by atoms with Crippen LogP contribution in [0.3, 0.4) is 0 Å². The number of likely N-dealkylation sites (N-methyl/N-ethyl adjacent to an activating group) is 1. The maximum atomic E-state index is 5.56. The van der Waals surface area contributed by atoms with E-state index in [1.54, 1.807) is 6.26 Å². The third kappa shape index (κ3) is 4.64. The predicted octanol–water partition coefficient (Wildman–Crippen LogP) is 2.32. The molecule has 0 saturated carbocycles. The molecular formula is C18H29N5O. The highest BCUT2D eigenvalue weighted by atomic mass is 16.3. The van der Waals surface area contributed by atoms with Crippen LogP contribution in [0, 0.1) is 0 Å². The van der Waals surface area contributed by atoms with Crippen LogP contribution in [0.2, 0.25) is 0 Å². The van der Waals surface area contributed by atoms with Crippen molar-refractivity contribution in [1.82, 2.24) is 19.7 Å². The van der Waals surface area contributed by atoms with E-state index in [-0.39, 0.29) is 6.04 Å². The van der Waals surface area contributed by atoms with E-state index in [0.717, 1.165) is 24.8 Å². The normalized spacial score (nSPS) is 13.3. The lowest BCUT2D eigenvalue weighted by Gasteiger charge is -2.25. The van der Waals surface area contributed by atoms with Gasteiger partial charge in [0.1, 0.15) is 5.76 Å². The van der Waals surface area contributed by atoms with E-state index in [4.69, 9.17) is 9.41 Å². The van der Waals surface area contributed by atoms with Crippen LogP contribution in [0.1, 0.15) is 24.4 Å². The summed E-state index contributed by atoms with van der Waals surface area (Å²) in [5.74, 6) is 1.83. The van der Waals surface area contributed by atoms with Gasteiger partial charge in [-0.3, -0.25) is 9.89 Å². The quantitative estimate of drug-likeness (QED) is 0.625. The van der Waals surface area contributed by atoms with E-state index in [2.05, 4.69) is 59.0 Å². The average Bonchev–Trinajstić information content (AvgIpc) is 3.19. The second kappa shape index (κ2) is 8.59. The highest BCUT2D eigenvalue weighted by molar-refractivity contribution is 5.79. The number of furan rings is 1. The van der Waals surface area contributed by atoms with E-state index >= 15 is 0 Å². The van der Waals surface area contributed by atoms with Crippen molar-refractivity contribution in [3.8, 4) is 0 Å². The maximum Gasteiger partial charge on any atom is 0.194 e. The van der Waals surface area contributed by atoms with Crippen molar-refractivity contribution < 1.29 is 4.42 Å².